The molecule has 0 fully saturated rings. The number of ketones is 1. The maximum absolute atomic E-state index is 13.7. The van der Waals surface area contributed by atoms with Crippen LogP contribution < -0.4 is 4.74 Å². The largest absolute Gasteiger partial charge is 0.506 e. The number of methoxy groups -OCH3 is 1. The summed E-state index contributed by atoms with van der Waals surface area (Å²) in [6.45, 7) is 0. The maximum atomic E-state index is 13.7. The van der Waals surface area contributed by atoms with Gasteiger partial charge < -0.3 is 14.3 Å². The van der Waals surface area contributed by atoms with Crippen molar-refractivity contribution >= 4 is 54.9 Å². The molecule has 0 saturated carbocycles. The Morgan fingerprint density at radius 3 is 2.39 bits per heavy atom. The van der Waals surface area contributed by atoms with Crippen LogP contribution in [0, 0.1) is 5.82 Å². The van der Waals surface area contributed by atoms with Crippen molar-refractivity contribution in [1.82, 2.24) is 0 Å². The molecule has 1 heterocycles. The lowest BCUT2D eigenvalue weighted by Crippen LogP contribution is -2.01. The number of rotatable bonds is 4. The SMILES string of the molecule is COc1ccc(C(=O)c2cc3cccc(Br)c3o2)cc1F.O=Cc1cccc(Br)c1O. The lowest BCUT2D eigenvalue weighted by atomic mass is 10.1. The smallest absolute Gasteiger partial charge is 0.228 e. The Kier molecular flexibility index (Phi) is 7.25. The summed E-state index contributed by atoms with van der Waals surface area (Å²) in [6.07, 6.45) is 0.611. The first-order valence-corrected chi connectivity index (χ1v) is 10.4. The second kappa shape index (κ2) is 9.89. The standard InChI is InChI=1S/C16H10BrFO3.C7H5BrO2/c1-20-13-6-5-9(7-12(13)18)15(19)14-8-10-3-2-4-11(17)16(10)21-14;8-6-3-1-2-5(4-9)7(6)10/h2-8H,1H3;1-4,10H. The molecule has 0 saturated heterocycles. The Labute approximate surface area is 193 Å². The van der Waals surface area contributed by atoms with Crippen molar-refractivity contribution in [3.05, 3.63) is 92.3 Å². The molecule has 0 spiro atoms. The molecule has 0 aliphatic heterocycles. The molecule has 0 bridgehead atoms. The molecule has 0 unspecified atom stereocenters. The molecule has 1 N–H and O–H groups in total. The molecule has 0 aliphatic carbocycles. The molecule has 0 radical (unpaired) electrons. The second-order valence-electron chi connectivity index (χ2n) is 6.24. The van der Waals surface area contributed by atoms with Gasteiger partial charge in [0.1, 0.15) is 11.3 Å². The number of phenolic OH excluding ortho intramolecular Hbond substituents is 1. The molecule has 5 nitrogen and oxygen atoms in total. The number of furan rings is 1. The summed E-state index contributed by atoms with van der Waals surface area (Å²) in [7, 11) is 1.37. The molecule has 8 heteroatoms. The van der Waals surface area contributed by atoms with E-state index in [-0.39, 0.29) is 28.6 Å². The Bertz CT molecular complexity index is 1270. The van der Waals surface area contributed by atoms with E-state index in [1.54, 1.807) is 24.3 Å². The van der Waals surface area contributed by atoms with E-state index in [2.05, 4.69) is 31.9 Å². The number of aromatic hydroxyl groups is 1. The van der Waals surface area contributed by atoms with Gasteiger partial charge in [0.05, 0.1) is 21.6 Å². The van der Waals surface area contributed by atoms with Gasteiger partial charge in [0.25, 0.3) is 0 Å². The van der Waals surface area contributed by atoms with Crippen LogP contribution in [0.4, 0.5) is 4.39 Å². The normalized spacial score (nSPS) is 10.3. The summed E-state index contributed by atoms with van der Waals surface area (Å²) in [6, 6.07) is 16.1. The zero-order chi connectivity index (χ0) is 22.5. The minimum absolute atomic E-state index is 0.00231. The molecule has 0 amide bonds. The van der Waals surface area contributed by atoms with Crippen LogP contribution in [0.5, 0.6) is 11.5 Å². The van der Waals surface area contributed by atoms with Gasteiger partial charge in [-0.25, -0.2) is 4.39 Å². The zero-order valence-electron chi connectivity index (χ0n) is 16.1. The number of fused-ring (bicyclic) bond motifs is 1. The third-order valence-electron chi connectivity index (χ3n) is 4.28. The molecule has 0 atom stereocenters. The number of ether oxygens (including phenoxy) is 1. The zero-order valence-corrected chi connectivity index (χ0v) is 19.2. The molecular weight excluding hydrogens is 535 g/mol. The first kappa shape index (κ1) is 22.7. The fraction of sp³-hybridized carbons (Fsp3) is 0.0435. The number of halogens is 3. The molecule has 1 aromatic heterocycles. The Morgan fingerprint density at radius 2 is 1.77 bits per heavy atom. The maximum Gasteiger partial charge on any atom is 0.228 e. The number of carbonyl (C=O) groups excluding carboxylic acids is 2. The second-order valence-corrected chi connectivity index (χ2v) is 7.95. The van der Waals surface area contributed by atoms with Crippen molar-refractivity contribution in [3.8, 4) is 11.5 Å². The summed E-state index contributed by atoms with van der Waals surface area (Å²) in [4.78, 5) is 22.6. The Balaban J connectivity index is 0.000000229. The van der Waals surface area contributed by atoms with E-state index in [1.807, 2.05) is 18.2 Å². The van der Waals surface area contributed by atoms with Gasteiger partial charge >= 0.3 is 0 Å². The van der Waals surface area contributed by atoms with E-state index in [0.717, 1.165) is 15.9 Å². The summed E-state index contributed by atoms with van der Waals surface area (Å²) >= 11 is 6.44. The predicted octanol–water partition coefficient (Wildman–Crippen LogP) is 6.54. The van der Waals surface area contributed by atoms with Gasteiger partial charge in [-0.05, 0) is 74.3 Å². The van der Waals surface area contributed by atoms with Crippen molar-refractivity contribution in [1.29, 1.82) is 0 Å². The number of benzene rings is 3. The lowest BCUT2D eigenvalue weighted by Gasteiger charge is -2.03. The van der Waals surface area contributed by atoms with Crippen LogP contribution in [-0.4, -0.2) is 24.3 Å². The monoisotopic (exact) mass is 548 g/mol. The molecular formula is C23H15Br2FO5. The van der Waals surface area contributed by atoms with Gasteiger partial charge in [0.2, 0.25) is 5.78 Å². The van der Waals surface area contributed by atoms with Crippen LogP contribution in [0.15, 0.2) is 74.0 Å². The number of para-hydroxylation sites is 2. The summed E-state index contributed by atoms with van der Waals surface area (Å²) in [5, 5.41) is 9.93. The summed E-state index contributed by atoms with van der Waals surface area (Å²) in [5.41, 5.74) is 1.10. The van der Waals surface area contributed by atoms with Crippen LogP contribution in [0.1, 0.15) is 26.5 Å². The van der Waals surface area contributed by atoms with Gasteiger partial charge in [-0.3, -0.25) is 9.59 Å². The minimum atomic E-state index is -0.583. The van der Waals surface area contributed by atoms with Crippen LogP contribution >= 0.6 is 31.9 Å². The average molecular weight is 550 g/mol. The fourth-order valence-corrected chi connectivity index (χ4v) is 3.56. The predicted molar refractivity (Wildman–Crippen MR) is 121 cm³/mol. The van der Waals surface area contributed by atoms with Gasteiger partial charge in [-0.1, -0.05) is 18.2 Å². The van der Waals surface area contributed by atoms with E-state index >= 15 is 0 Å². The number of hydrogen-bond donors (Lipinski definition) is 1. The van der Waals surface area contributed by atoms with E-state index in [0.29, 0.717) is 21.9 Å². The van der Waals surface area contributed by atoms with Gasteiger partial charge in [-0.2, -0.15) is 0 Å². The first-order chi connectivity index (χ1) is 14.8. The molecule has 4 aromatic rings. The Hall–Kier alpha value is -2.97. The highest BCUT2D eigenvalue weighted by molar-refractivity contribution is 9.11. The lowest BCUT2D eigenvalue weighted by molar-refractivity contribution is 0.101. The van der Waals surface area contributed by atoms with E-state index in [1.165, 1.54) is 19.2 Å². The molecule has 31 heavy (non-hydrogen) atoms. The van der Waals surface area contributed by atoms with Crippen molar-refractivity contribution < 1.29 is 28.2 Å². The molecule has 158 valence electrons. The van der Waals surface area contributed by atoms with Gasteiger partial charge in [-0.15, -0.1) is 0 Å². The number of hydrogen-bond acceptors (Lipinski definition) is 5. The van der Waals surface area contributed by atoms with E-state index in [9.17, 15) is 14.0 Å². The van der Waals surface area contributed by atoms with Crippen LogP contribution in [0.2, 0.25) is 0 Å². The van der Waals surface area contributed by atoms with Crippen LogP contribution in [0.3, 0.4) is 0 Å². The fourth-order valence-electron chi connectivity index (χ4n) is 2.72. The topological polar surface area (TPSA) is 76.7 Å². The van der Waals surface area contributed by atoms with Crippen LogP contribution in [0.25, 0.3) is 11.0 Å². The molecule has 3 aromatic carbocycles. The van der Waals surface area contributed by atoms with E-state index in [4.69, 9.17) is 14.3 Å². The van der Waals surface area contributed by atoms with Crippen LogP contribution in [-0.2, 0) is 0 Å². The third kappa shape index (κ3) is 5.03. The number of carbonyl (C=O) groups is 2. The third-order valence-corrected chi connectivity index (χ3v) is 5.54. The summed E-state index contributed by atoms with van der Waals surface area (Å²) < 4.78 is 25.4. The average Bonchev–Trinajstić information content (AvgIpc) is 3.21. The summed E-state index contributed by atoms with van der Waals surface area (Å²) in [5.74, 6) is -0.696. The molecule has 4 rings (SSSR count). The van der Waals surface area contributed by atoms with Crippen molar-refractivity contribution in [2.24, 2.45) is 0 Å². The quantitative estimate of drug-likeness (QED) is 0.231. The Morgan fingerprint density at radius 1 is 1.06 bits per heavy atom. The highest BCUT2D eigenvalue weighted by atomic mass is 79.9. The number of phenols is 1. The van der Waals surface area contributed by atoms with Crippen molar-refractivity contribution in [2.75, 3.05) is 7.11 Å². The van der Waals surface area contributed by atoms with E-state index < -0.39 is 5.82 Å². The van der Waals surface area contributed by atoms with Crippen molar-refractivity contribution in [3.63, 3.8) is 0 Å². The van der Waals surface area contributed by atoms with Gasteiger partial charge in [0, 0.05) is 10.9 Å². The molecule has 0 aliphatic rings. The van der Waals surface area contributed by atoms with Crippen molar-refractivity contribution in [2.45, 2.75) is 0 Å². The highest BCUT2D eigenvalue weighted by Gasteiger charge is 2.17. The van der Waals surface area contributed by atoms with Gasteiger partial charge in [0.15, 0.2) is 23.6 Å². The first-order valence-electron chi connectivity index (χ1n) is 8.84. The number of aldehydes is 1. The highest BCUT2D eigenvalue weighted by Crippen LogP contribution is 2.29. The minimum Gasteiger partial charge on any atom is -0.506 e.